The van der Waals surface area contributed by atoms with Gasteiger partial charge in [-0.1, -0.05) is 0 Å². The van der Waals surface area contributed by atoms with E-state index >= 15 is 0 Å². The molecule has 2 atom stereocenters. The highest BCUT2D eigenvalue weighted by atomic mass is 16.3. The highest BCUT2D eigenvalue weighted by Gasteiger charge is 2.37. The zero-order valence-electron chi connectivity index (χ0n) is 7.74. The lowest BCUT2D eigenvalue weighted by Crippen LogP contribution is -1.99. The number of rotatable bonds is 2. The maximum atomic E-state index is 8.84. The van der Waals surface area contributed by atoms with Crippen molar-refractivity contribution in [3.63, 3.8) is 0 Å². The number of hydrogen-bond donors (Lipinski definition) is 1. The van der Waals surface area contributed by atoms with Gasteiger partial charge in [-0.05, 0) is 42.2 Å². The van der Waals surface area contributed by atoms with E-state index in [1.54, 1.807) is 11.1 Å². The van der Waals surface area contributed by atoms with E-state index in [1.165, 1.54) is 19.3 Å². The Hall–Kier alpha value is -0.760. The summed E-state index contributed by atoms with van der Waals surface area (Å²) in [7, 11) is 0. The maximum absolute atomic E-state index is 8.84. The number of aliphatic hydroxyl groups excluding tert-OH is 1. The fourth-order valence-corrected chi connectivity index (χ4v) is 3.02. The van der Waals surface area contributed by atoms with Crippen LogP contribution in [-0.4, -0.2) is 16.3 Å². The van der Waals surface area contributed by atoms with Crippen LogP contribution >= 0.6 is 0 Å². The van der Waals surface area contributed by atoms with Crippen molar-refractivity contribution in [2.75, 3.05) is 6.61 Å². The quantitative estimate of drug-likeness (QED) is 0.732. The number of nitrogens with zero attached hydrogens (tertiary/aromatic N) is 1. The zero-order chi connectivity index (χ0) is 8.84. The minimum atomic E-state index is 0.253. The van der Waals surface area contributed by atoms with E-state index in [0.29, 0.717) is 0 Å². The van der Waals surface area contributed by atoms with Crippen molar-refractivity contribution in [3.05, 3.63) is 23.5 Å². The third-order valence-electron chi connectivity index (χ3n) is 3.61. The molecule has 2 nitrogen and oxygen atoms in total. The molecule has 1 aromatic heterocycles. The molecule has 0 aliphatic heterocycles. The summed E-state index contributed by atoms with van der Waals surface area (Å²) in [6, 6.07) is 0. The lowest BCUT2D eigenvalue weighted by molar-refractivity contribution is 0.276. The second-order valence-electron chi connectivity index (χ2n) is 4.34. The standard InChI is InChI=1S/C11H15NO/c13-4-3-12-6-10-8-1-2-9(5-8)11(10)7-12/h6-9,13H,1-5H2. The first-order valence-corrected chi connectivity index (χ1v) is 5.19. The van der Waals surface area contributed by atoms with Crippen LogP contribution in [0.5, 0.6) is 0 Å². The van der Waals surface area contributed by atoms with Gasteiger partial charge in [-0.25, -0.2) is 0 Å². The highest BCUT2D eigenvalue weighted by Crippen LogP contribution is 2.53. The Morgan fingerprint density at radius 3 is 2.38 bits per heavy atom. The lowest BCUT2D eigenvalue weighted by atomic mass is 9.96. The lowest BCUT2D eigenvalue weighted by Gasteiger charge is -2.07. The molecule has 1 heterocycles. The number of fused-ring (bicyclic) bond motifs is 5. The first kappa shape index (κ1) is 7.63. The molecule has 1 saturated carbocycles. The highest BCUT2D eigenvalue weighted by molar-refractivity contribution is 5.39. The molecule has 70 valence electrons. The summed E-state index contributed by atoms with van der Waals surface area (Å²) in [6.07, 6.45) is 8.66. The first-order chi connectivity index (χ1) is 6.38. The number of aromatic nitrogens is 1. The van der Waals surface area contributed by atoms with Crippen LogP contribution in [0.1, 0.15) is 42.2 Å². The molecular weight excluding hydrogens is 162 g/mol. The summed E-state index contributed by atoms with van der Waals surface area (Å²) in [4.78, 5) is 0. The largest absolute Gasteiger partial charge is 0.395 e. The Balaban J connectivity index is 1.97. The fraction of sp³-hybridized carbons (Fsp3) is 0.636. The van der Waals surface area contributed by atoms with Crippen molar-refractivity contribution in [2.45, 2.75) is 37.6 Å². The van der Waals surface area contributed by atoms with Crippen LogP contribution in [-0.2, 0) is 6.54 Å². The van der Waals surface area contributed by atoms with Crippen LogP contribution in [0.15, 0.2) is 12.4 Å². The monoisotopic (exact) mass is 177 g/mol. The zero-order valence-corrected chi connectivity index (χ0v) is 7.74. The topological polar surface area (TPSA) is 25.2 Å². The Kier molecular flexibility index (Phi) is 1.53. The van der Waals surface area contributed by atoms with Gasteiger partial charge in [0, 0.05) is 18.9 Å². The smallest absolute Gasteiger partial charge is 0.0610 e. The van der Waals surface area contributed by atoms with E-state index in [4.69, 9.17) is 5.11 Å². The molecule has 0 aromatic carbocycles. The molecule has 3 rings (SSSR count). The molecule has 0 radical (unpaired) electrons. The second kappa shape index (κ2) is 2.61. The van der Waals surface area contributed by atoms with Gasteiger partial charge in [-0.3, -0.25) is 0 Å². The molecule has 1 aromatic rings. The molecular formula is C11H15NO. The fourth-order valence-electron chi connectivity index (χ4n) is 3.02. The molecule has 0 saturated heterocycles. The predicted octanol–water partition coefficient (Wildman–Crippen LogP) is 1.85. The Morgan fingerprint density at radius 2 is 1.85 bits per heavy atom. The predicted molar refractivity (Wildman–Crippen MR) is 50.9 cm³/mol. The van der Waals surface area contributed by atoms with Gasteiger partial charge in [-0.15, -0.1) is 0 Å². The van der Waals surface area contributed by atoms with E-state index in [0.717, 1.165) is 18.4 Å². The van der Waals surface area contributed by atoms with E-state index < -0.39 is 0 Å². The molecule has 1 fully saturated rings. The summed E-state index contributed by atoms with van der Waals surface area (Å²) >= 11 is 0. The molecule has 2 unspecified atom stereocenters. The Morgan fingerprint density at radius 1 is 1.23 bits per heavy atom. The van der Waals surface area contributed by atoms with Crippen molar-refractivity contribution >= 4 is 0 Å². The van der Waals surface area contributed by atoms with Gasteiger partial charge in [-0.2, -0.15) is 0 Å². The summed E-state index contributed by atoms with van der Waals surface area (Å²) in [5.74, 6) is 1.69. The van der Waals surface area contributed by atoms with Crippen LogP contribution in [0, 0.1) is 0 Å². The Bertz CT molecular complexity index is 301. The average Bonchev–Trinajstić information content (AvgIpc) is 2.72. The Labute approximate surface area is 78.2 Å². The van der Waals surface area contributed by atoms with Crippen molar-refractivity contribution in [1.29, 1.82) is 0 Å². The molecule has 2 heteroatoms. The molecule has 13 heavy (non-hydrogen) atoms. The van der Waals surface area contributed by atoms with Gasteiger partial charge < -0.3 is 9.67 Å². The van der Waals surface area contributed by atoms with E-state index in [1.807, 2.05) is 0 Å². The third-order valence-corrected chi connectivity index (χ3v) is 3.61. The maximum Gasteiger partial charge on any atom is 0.0610 e. The number of aliphatic hydroxyl groups is 1. The minimum Gasteiger partial charge on any atom is -0.395 e. The third kappa shape index (κ3) is 0.983. The second-order valence-corrected chi connectivity index (χ2v) is 4.34. The molecule has 0 spiro atoms. The summed E-state index contributed by atoms with van der Waals surface area (Å²) in [5, 5.41) is 8.84. The van der Waals surface area contributed by atoms with Crippen molar-refractivity contribution < 1.29 is 5.11 Å². The minimum absolute atomic E-state index is 0.253. The normalized spacial score (nSPS) is 29.6. The van der Waals surface area contributed by atoms with E-state index in [9.17, 15) is 0 Å². The average molecular weight is 177 g/mol. The molecule has 2 bridgehead atoms. The van der Waals surface area contributed by atoms with Crippen LogP contribution < -0.4 is 0 Å². The number of hydrogen-bond acceptors (Lipinski definition) is 1. The first-order valence-electron chi connectivity index (χ1n) is 5.19. The summed E-state index contributed by atoms with van der Waals surface area (Å²) in [5.41, 5.74) is 3.15. The van der Waals surface area contributed by atoms with Gasteiger partial charge in [0.1, 0.15) is 0 Å². The van der Waals surface area contributed by atoms with Crippen LogP contribution in [0.3, 0.4) is 0 Å². The van der Waals surface area contributed by atoms with E-state index in [2.05, 4.69) is 17.0 Å². The van der Waals surface area contributed by atoms with Crippen LogP contribution in [0.4, 0.5) is 0 Å². The van der Waals surface area contributed by atoms with Gasteiger partial charge in [0.25, 0.3) is 0 Å². The summed E-state index contributed by atoms with van der Waals surface area (Å²) in [6.45, 7) is 1.01. The van der Waals surface area contributed by atoms with Gasteiger partial charge in [0.15, 0.2) is 0 Å². The molecule has 2 aliphatic rings. The van der Waals surface area contributed by atoms with Crippen molar-refractivity contribution in [2.24, 2.45) is 0 Å². The van der Waals surface area contributed by atoms with E-state index in [-0.39, 0.29) is 6.61 Å². The van der Waals surface area contributed by atoms with Crippen LogP contribution in [0.25, 0.3) is 0 Å². The molecule has 1 N–H and O–H groups in total. The van der Waals surface area contributed by atoms with Gasteiger partial charge in [0.05, 0.1) is 6.61 Å². The molecule has 2 aliphatic carbocycles. The molecule has 0 amide bonds. The van der Waals surface area contributed by atoms with Crippen molar-refractivity contribution in [1.82, 2.24) is 4.57 Å². The van der Waals surface area contributed by atoms with Crippen molar-refractivity contribution in [3.8, 4) is 0 Å². The SMILES string of the molecule is OCCn1cc2c(c1)C1CCC2C1. The van der Waals surface area contributed by atoms with Crippen LogP contribution in [0.2, 0.25) is 0 Å². The van der Waals surface area contributed by atoms with Gasteiger partial charge in [0.2, 0.25) is 0 Å². The van der Waals surface area contributed by atoms with Gasteiger partial charge >= 0.3 is 0 Å². The summed E-state index contributed by atoms with van der Waals surface area (Å²) < 4.78 is 2.15.